The smallest absolute Gasteiger partial charge is 0.367 e. The third-order valence-corrected chi connectivity index (χ3v) is 5.49. The topological polar surface area (TPSA) is 41.1 Å². The second-order valence-corrected chi connectivity index (χ2v) is 7.90. The van der Waals surface area contributed by atoms with Crippen LogP contribution >= 0.6 is 23.2 Å². The fraction of sp³-hybridized carbons (Fsp3) is 0.136. The van der Waals surface area contributed by atoms with E-state index >= 15 is 0 Å². The van der Waals surface area contributed by atoms with E-state index in [9.17, 15) is 18.0 Å². The number of anilines is 2. The van der Waals surface area contributed by atoms with Crippen LogP contribution in [0.25, 0.3) is 0 Å². The molecule has 8 heteroatoms. The molecule has 1 aliphatic rings. The molecule has 4 rings (SSSR count). The Labute approximate surface area is 180 Å². The van der Waals surface area contributed by atoms with Gasteiger partial charge in [0.15, 0.2) is 0 Å². The summed E-state index contributed by atoms with van der Waals surface area (Å²) in [7, 11) is 0. The molecular formula is C22H15Cl2F3N2O. The van der Waals surface area contributed by atoms with E-state index in [1.807, 2.05) is 0 Å². The summed E-state index contributed by atoms with van der Waals surface area (Å²) in [5.41, 5.74) is -0.875. The van der Waals surface area contributed by atoms with E-state index < -0.39 is 23.2 Å². The normalized spacial score (nSPS) is 18.1. The van der Waals surface area contributed by atoms with Crippen LogP contribution in [0.3, 0.4) is 0 Å². The van der Waals surface area contributed by atoms with Gasteiger partial charge in [-0.25, -0.2) is 0 Å². The summed E-state index contributed by atoms with van der Waals surface area (Å²) in [4.78, 5) is 13.2. The highest BCUT2D eigenvalue weighted by atomic mass is 35.5. The second kappa shape index (κ2) is 7.52. The summed E-state index contributed by atoms with van der Waals surface area (Å²) in [5.74, 6) is -0.475. The van der Waals surface area contributed by atoms with Gasteiger partial charge in [0.1, 0.15) is 5.54 Å². The Hall–Kier alpha value is -2.70. The number of halogens is 5. The zero-order chi connectivity index (χ0) is 21.5. The molecule has 1 heterocycles. The number of hydrogen-bond acceptors (Lipinski definition) is 2. The van der Waals surface area contributed by atoms with Crippen molar-refractivity contribution in [3.05, 3.63) is 93.5 Å². The van der Waals surface area contributed by atoms with Crippen LogP contribution in [-0.4, -0.2) is 5.91 Å². The van der Waals surface area contributed by atoms with Crippen LogP contribution in [-0.2, 0) is 22.9 Å². The van der Waals surface area contributed by atoms with Gasteiger partial charge in [0.25, 0.3) is 5.91 Å². The largest absolute Gasteiger partial charge is 0.418 e. The molecule has 1 aliphatic heterocycles. The highest BCUT2D eigenvalue weighted by Gasteiger charge is 2.48. The van der Waals surface area contributed by atoms with Crippen LogP contribution < -0.4 is 10.6 Å². The Kier molecular flexibility index (Phi) is 5.16. The number of para-hydroxylation sites is 1. The molecule has 1 unspecified atom stereocenters. The molecule has 0 saturated heterocycles. The van der Waals surface area contributed by atoms with Crippen molar-refractivity contribution in [2.75, 3.05) is 10.6 Å². The lowest BCUT2D eigenvalue weighted by atomic mass is 9.84. The number of fused-ring (bicyclic) bond motifs is 1. The number of benzene rings is 3. The molecule has 3 aromatic carbocycles. The summed E-state index contributed by atoms with van der Waals surface area (Å²) < 4.78 is 40.8. The van der Waals surface area contributed by atoms with Crippen molar-refractivity contribution in [1.82, 2.24) is 0 Å². The summed E-state index contributed by atoms with van der Waals surface area (Å²) >= 11 is 12.1. The second-order valence-electron chi connectivity index (χ2n) is 7.02. The first-order valence-electron chi connectivity index (χ1n) is 8.99. The van der Waals surface area contributed by atoms with Gasteiger partial charge in [-0.15, -0.1) is 0 Å². The maximum absolute atomic E-state index is 13.6. The molecule has 0 aliphatic carbocycles. The molecule has 154 valence electrons. The van der Waals surface area contributed by atoms with Crippen LogP contribution in [0.1, 0.15) is 16.7 Å². The van der Waals surface area contributed by atoms with Crippen LogP contribution in [0, 0.1) is 0 Å². The van der Waals surface area contributed by atoms with Crippen molar-refractivity contribution in [3.8, 4) is 0 Å². The fourth-order valence-corrected chi connectivity index (χ4v) is 4.09. The molecule has 0 fully saturated rings. The number of carbonyl (C=O) groups excluding carboxylic acids is 1. The quantitative estimate of drug-likeness (QED) is 0.475. The molecule has 2 N–H and O–H groups in total. The average Bonchev–Trinajstić information content (AvgIpc) is 2.92. The minimum Gasteiger partial charge on any atom is -0.367 e. The number of amides is 1. The number of hydrogen-bond donors (Lipinski definition) is 2. The molecule has 3 aromatic rings. The molecule has 30 heavy (non-hydrogen) atoms. The van der Waals surface area contributed by atoms with Gasteiger partial charge in [0, 0.05) is 33.4 Å². The first-order valence-corrected chi connectivity index (χ1v) is 9.75. The molecule has 0 aromatic heterocycles. The van der Waals surface area contributed by atoms with E-state index in [2.05, 4.69) is 10.6 Å². The van der Waals surface area contributed by atoms with Crippen LogP contribution in [0.4, 0.5) is 24.5 Å². The third kappa shape index (κ3) is 3.73. The van der Waals surface area contributed by atoms with E-state index in [-0.39, 0.29) is 12.1 Å². The Morgan fingerprint density at radius 2 is 1.67 bits per heavy atom. The lowest BCUT2D eigenvalue weighted by Gasteiger charge is -2.31. The summed E-state index contributed by atoms with van der Waals surface area (Å²) in [6.07, 6.45) is -4.50. The zero-order valence-electron chi connectivity index (χ0n) is 15.4. The monoisotopic (exact) mass is 450 g/mol. The Balaban J connectivity index is 1.88. The minimum absolute atomic E-state index is 0.0835. The van der Waals surface area contributed by atoms with Crippen molar-refractivity contribution in [2.45, 2.75) is 18.1 Å². The average molecular weight is 451 g/mol. The van der Waals surface area contributed by atoms with E-state index in [1.54, 1.807) is 42.5 Å². The van der Waals surface area contributed by atoms with Gasteiger partial charge < -0.3 is 10.6 Å². The number of alkyl halides is 3. The van der Waals surface area contributed by atoms with Gasteiger partial charge in [-0.2, -0.15) is 13.2 Å². The Bertz CT molecular complexity index is 1130. The van der Waals surface area contributed by atoms with E-state index in [1.165, 1.54) is 18.2 Å². The van der Waals surface area contributed by atoms with Crippen molar-refractivity contribution in [2.24, 2.45) is 0 Å². The summed E-state index contributed by atoms with van der Waals surface area (Å²) in [6.45, 7) is 0. The number of carbonyl (C=O) groups is 1. The summed E-state index contributed by atoms with van der Waals surface area (Å²) in [5, 5.41) is 6.52. The van der Waals surface area contributed by atoms with Gasteiger partial charge >= 0.3 is 6.18 Å². The molecule has 1 atom stereocenters. The lowest BCUT2D eigenvalue weighted by Crippen LogP contribution is -2.44. The summed E-state index contributed by atoms with van der Waals surface area (Å²) in [6, 6.07) is 16.8. The zero-order valence-corrected chi connectivity index (χ0v) is 16.9. The molecule has 1 amide bonds. The van der Waals surface area contributed by atoms with Crippen LogP contribution in [0.2, 0.25) is 10.0 Å². The maximum atomic E-state index is 13.6. The van der Waals surface area contributed by atoms with Gasteiger partial charge in [-0.05, 0) is 42.0 Å². The number of nitrogens with one attached hydrogen (secondary N) is 2. The standard InChI is InChI=1S/C22H15Cl2F3N2O/c23-14-5-3-4-13(10-14)12-21(16-9-8-15(24)11-19(16)28-20(21)30)29-18-7-2-1-6-17(18)22(25,26)27/h1-11,29H,12H2,(H,28,30). The predicted molar refractivity (Wildman–Crippen MR) is 112 cm³/mol. The van der Waals surface area contributed by atoms with E-state index in [0.717, 1.165) is 6.07 Å². The molecule has 0 radical (unpaired) electrons. The molecule has 0 saturated carbocycles. The van der Waals surface area contributed by atoms with Crippen molar-refractivity contribution < 1.29 is 18.0 Å². The van der Waals surface area contributed by atoms with Gasteiger partial charge in [-0.3, -0.25) is 4.79 Å². The molecule has 0 spiro atoms. The van der Waals surface area contributed by atoms with Gasteiger partial charge in [-0.1, -0.05) is 53.5 Å². The van der Waals surface area contributed by atoms with Crippen molar-refractivity contribution in [3.63, 3.8) is 0 Å². The van der Waals surface area contributed by atoms with Gasteiger partial charge in [0.2, 0.25) is 0 Å². The predicted octanol–water partition coefficient (Wildman–Crippen LogP) is 6.51. The Morgan fingerprint density at radius 3 is 2.40 bits per heavy atom. The SMILES string of the molecule is O=C1Nc2cc(Cl)ccc2C1(Cc1cccc(Cl)c1)Nc1ccccc1C(F)(F)F. The fourth-order valence-electron chi connectivity index (χ4n) is 3.71. The first-order chi connectivity index (χ1) is 14.2. The molecular weight excluding hydrogens is 436 g/mol. The van der Waals surface area contributed by atoms with E-state index in [0.29, 0.717) is 26.9 Å². The number of rotatable bonds is 4. The van der Waals surface area contributed by atoms with Crippen molar-refractivity contribution in [1.29, 1.82) is 0 Å². The van der Waals surface area contributed by atoms with Crippen LogP contribution in [0.15, 0.2) is 66.7 Å². The Morgan fingerprint density at radius 1 is 0.933 bits per heavy atom. The highest BCUT2D eigenvalue weighted by Crippen LogP contribution is 2.44. The third-order valence-electron chi connectivity index (χ3n) is 5.02. The molecule has 3 nitrogen and oxygen atoms in total. The minimum atomic E-state index is -4.58. The first kappa shape index (κ1) is 20.6. The molecule has 0 bridgehead atoms. The lowest BCUT2D eigenvalue weighted by molar-refractivity contribution is -0.137. The van der Waals surface area contributed by atoms with Crippen molar-refractivity contribution >= 4 is 40.5 Å². The maximum Gasteiger partial charge on any atom is 0.418 e. The van der Waals surface area contributed by atoms with Gasteiger partial charge in [0.05, 0.1) is 5.56 Å². The highest BCUT2D eigenvalue weighted by molar-refractivity contribution is 6.31. The van der Waals surface area contributed by atoms with E-state index in [4.69, 9.17) is 23.2 Å². The van der Waals surface area contributed by atoms with Crippen LogP contribution in [0.5, 0.6) is 0 Å².